The van der Waals surface area contributed by atoms with Gasteiger partial charge < -0.3 is 9.42 Å². The summed E-state index contributed by atoms with van der Waals surface area (Å²) in [5, 5.41) is 4.02. The average molecular weight is 379 g/mol. The van der Waals surface area contributed by atoms with Crippen molar-refractivity contribution in [1.29, 1.82) is 0 Å². The Labute approximate surface area is 163 Å². The van der Waals surface area contributed by atoms with Crippen molar-refractivity contribution in [3.8, 4) is 11.3 Å². The van der Waals surface area contributed by atoms with E-state index in [1.165, 1.54) is 12.1 Å². The summed E-state index contributed by atoms with van der Waals surface area (Å²) in [7, 11) is 0. The zero-order valence-corrected chi connectivity index (χ0v) is 16.0. The maximum Gasteiger partial charge on any atom is 0.253 e. The first-order valence-corrected chi connectivity index (χ1v) is 9.48. The number of carbonyl (C=O) groups is 1. The monoisotopic (exact) mass is 379 g/mol. The van der Waals surface area contributed by atoms with Crippen molar-refractivity contribution in [3.05, 3.63) is 71.0 Å². The van der Waals surface area contributed by atoms with Gasteiger partial charge in [0.15, 0.2) is 0 Å². The van der Waals surface area contributed by atoms with Crippen molar-refractivity contribution in [2.24, 2.45) is 0 Å². The normalized spacial score (nSPS) is 15.0. The van der Waals surface area contributed by atoms with Crippen molar-refractivity contribution < 1.29 is 13.7 Å². The van der Waals surface area contributed by atoms with Crippen molar-refractivity contribution in [2.75, 3.05) is 13.1 Å². The predicted octanol–water partition coefficient (Wildman–Crippen LogP) is 4.51. The zero-order valence-electron chi connectivity index (χ0n) is 16.0. The first kappa shape index (κ1) is 18.3. The number of carbonyl (C=O) groups excluding carboxylic acids is 1. The van der Waals surface area contributed by atoms with Gasteiger partial charge in [0.2, 0.25) is 0 Å². The second kappa shape index (κ2) is 7.54. The Hall–Kier alpha value is -3.02. The van der Waals surface area contributed by atoms with E-state index in [9.17, 15) is 9.18 Å². The van der Waals surface area contributed by atoms with Crippen LogP contribution < -0.4 is 0 Å². The van der Waals surface area contributed by atoms with Crippen molar-refractivity contribution in [1.82, 2.24) is 15.0 Å². The van der Waals surface area contributed by atoms with E-state index in [-0.39, 0.29) is 11.7 Å². The molecule has 1 saturated heterocycles. The molecule has 0 aliphatic carbocycles. The van der Waals surface area contributed by atoms with Crippen LogP contribution in [0.25, 0.3) is 11.3 Å². The van der Waals surface area contributed by atoms with Crippen LogP contribution in [0.15, 0.2) is 47.0 Å². The van der Waals surface area contributed by atoms with Crippen LogP contribution in [-0.4, -0.2) is 34.0 Å². The highest BCUT2D eigenvalue weighted by molar-refractivity contribution is 5.94. The van der Waals surface area contributed by atoms with E-state index in [0.717, 1.165) is 41.2 Å². The summed E-state index contributed by atoms with van der Waals surface area (Å²) in [6.07, 6.45) is 1.70. The molecule has 1 amide bonds. The fourth-order valence-corrected chi connectivity index (χ4v) is 3.82. The first-order chi connectivity index (χ1) is 13.5. The third-order valence-electron chi connectivity index (χ3n) is 5.35. The number of amides is 1. The molecule has 0 bridgehead atoms. The third kappa shape index (κ3) is 3.54. The molecule has 1 aliphatic rings. The summed E-state index contributed by atoms with van der Waals surface area (Å²) in [6.45, 7) is 5.14. The molecule has 0 atom stereocenters. The lowest BCUT2D eigenvalue weighted by Gasteiger charge is -2.32. The Morgan fingerprint density at radius 2 is 1.82 bits per heavy atom. The van der Waals surface area contributed by atoms with Gasteiger partial charge in [-0.2, -0.15) is 0 Å². The molecule has 5 nitrogen and oxygen atoms in total. The van der Waals surface area contributed by atoms with Crippen LogP contribution in [0.5, 0.6) is 0 Å². The van der Waals surface area contributed by atoms with E-state index in [4.69, 9.17) is 9.51 Å². The number of hydrogen-bond donors (Lipinski definition) is 0. The van der Waals surface area contributed by atoms with E-state index in [0.29, 0.717) is 24.6 Å². The molecular formula is C22H22FN3O2. The summed E-state index contributed by atoms with van der Waals surface area (Å²) in [6, 6.07) is 11.8. The standard InChI is InChI=1S/C22H22FN3O2/c1-14-21(15(2)28-25-14)20-5-3-4-19(24-20)16-10-12-26(13-11-16)22(27)17-6-8-18(23)9-7-17/h3-9,16H,10-13H2,1-2H3. The summed E-state index contributed by atoms with van der Waals surface area (Å²) < 4.78 is 18.3. The van der Waals surface area contributed by atoms with Gasteiger partial charge in [0, 0.05) is 30.3 Å². The number of nitrogens with zero attached hydrogens (tertiary/aromatic N) is 3. The molecule has 6 heteroatoms. The number of halogens is 1. The molecule has 3 aromatic rings. The topological polar surface area (TPSA) is 59.2 Å². The number of pyridine rings is 1. The Kier molecular flexibility index (Phi) is 4.94. The lowest BCUT2D eigenvalue weighted by atomic mass is 9.92. The summed E-state index contributed by atoms with van der Waals surface area (Å²) in [5.74, 6) is 0.690. The van der Waals surface area contributed by atoms with E-state index >= 15 is 0 Å². The lowest BCUT2D eigenvalue weighted by molar-refractivity contribution is 0.0712. The van der Waals surface area contributed by atoms with Crippen LogP contribution in [0.3, 0.4) is 0 Å². The minimum Gasteiger partial charge on any atom is -0.361 e. The Bertz CT molecular complexity index is 970. The van der Waals surface area contributed by atoms with Gasteiger partial charge in [0.1, 0.15) is 11.6 Å². The minimum absolute atomic E-state index is 0.0455. The van der Waals surface area contributed by atoms with Gasteiger partial charge in [-0.25, -0.2) is 4.39 Å². The van der Waals surface area contributed by atoms with E-state index in [1.807, 2.05) is 36.9 Å². The highest BCUT2D eigenvalue weighted by Gasteiger charge is 2.26. The Morgan fingerprint density at radius 1 is 1.11 bits per heavy atom. The molecule has 1 fully saturated rings. The zero-order chi connectivity index (χ0) is 19.7. The number of hydrogen-bond acceptors (Lipinski definition) is 4. The van der Waals surface area contributed by atoms with Crippen molar-refractivity contribution >= 4 is 5.91 Å². The van der Waals surface area contributed by atoms with Crippen LogP contribution in [0, 0.1) is 19.7 Å². The first-order valence-electron chi connectivity index (χ1n) is 9.48. The van der Waals surface area contributed by atoms with Crippen LogP contribution in [0.2, 0.25) is 0 Å². The third-order valence-corrected chi connectivity index (χ3v) is 5.35. The molecule has 4 rings (SSSR count). The van der Waals surface area contributed by atoms with Gasteiger partial charge in [-0.05, 0) is 63.1 Å². The quantitative estimate of drug-likeness (QED) is 0.672. The number of piperidine rings is 1. The van der Waals surface area contributed by atoms with E-state index in [2.05, 4.69) is 5.16 Å². The number of aryl methyl sites for hydroxylation is 2. The number of likely N-dealkylation sites (tertiary alicyclic amines) is 1. The summed E-state index contributed by atoms with van der Waals surface area (Å²) in [5.41, 5.74) is 4.22. The fraction of sp³-hybridized carbons (Fsp3) is 0.318. The maximum absolute atomic E-state index is 13.1. The number of rotatable bonds is 3. The number of benzene rings is 1. The van der Waals surface area contributed by atoms with Crippen molar-refractivity contribution in [2.45, 2.75) is 32.6 Å². The highest BCUT2D eigenvalue weighted by Crippen LogP contribution is 2.31. The van der Waals surface area contributed by atoms with Crippen LogP contribution >= 0.6 is 0 Å². The molecular weight excluding hydrogens is 357 g/mol. The maximum atomic E-state index is 13.1. The molecule has 0 saturated carbocycles. The van der Waals surface area contributed by atoms with Gasteiger partial charge in [-0.3, -0.25) is 9.78 Å². The van der Waals surface area contributed by atoms with Gasteiger partial charge in [-0.15, -0.1) is 0 Å². The second-order valence-corrected chi connectivity index (χ2v) is 7.22. The van der Waals surface area contributed by atoms with Crippen LogP contribution in [-0.2, 0) is 0 Å². The SMILES string of the molecule is Cc1noc(C)c1-c1cccc(C2CCN(C(=O)c3ccc(F)cc3)CC2)n1. The molecule has 0 spiro atoms. The van der Waals surface area contributed by atoms with Gasteiger partial charge >= 0.3 is 0 Å². The molecule has 3 heterocycles. The average Bonchev–Trinajstić information content (AvgIpc) is 3.06. The molecule has 1 aromatic carbocycles. The van der Waals surface area contributed by atoms with E-state index < -0.39 is 0 Å². The summed E-state index contributed by atoms with van der Waals surface area (Å²) >= 11 is 0. The van der Waals surface area contributed by atoms with Gasteiger partial charge in [-0.1, -0.05) is 11.2 Å². The lowest BCUT2D eigenvalue weighted by Crippen LogP contribution is -2.38. The van der Waals surface area contributed by atoms with E-state index in [1.54, 1.807) is 12.1 Å². The minimum atomic E-state index is -0.334. The number of aromatic nitrogens is 2. The smallest absolute Gasteiger partial charge is 0.253 e. The summed E-state index contributed by atoms with van der Waals surface area (Å²) in [4.78, 5) is 19.3. The second-order valence-electron chi connectivity index (χ2n) is 7.22. The largest absolute Gasteiger partial charge is 0.361 e. The highest BCUT2D eigenvalue weighted by atomic mass is 19.1. The molecule has 2 aromatic heterocycles. The fourth-order valence-electron chi connectivity index (χ4n) is 3.82. The van der Waals surface area contributed by atoms with Crippen LogP contribution in [0.1, 0.15) is 46.3 Å². The molecule has 0 unspecified atom stereocenters. The van der Waals surface area contributed by atoms with Crippen LogP contribution in [0.4, 0.5) is 4.39 Å². The molecule has 0 radical (unpaired) electrons. The Balaban J connectivity index is 1.46. The predicted molar refractivity (Wildman–Crippen MR) is 103 cm³/mol. The molecule has 1 aliphatic heterocycles. The molecule has 0 N–H and O–H groups in total. The van der Waals surface area contributed by atoms with Crippen molar-refractivity contribution in [3.63, 3.8) is 0 Å². The molecule has 28 heavy (non-hydrogen) atoms. The van der Waals surface area contributed by atoms with Gasteiger partial charge in [0.25, 0.3) is 5.91 Å². The molecule has 144 valence electrons. The Morgan fingerprint density at radius 3 is 2.46 bits per heavy atom. The van der Waals surface area contributed by atoms with Gasteiger partial charge in [0.05, 0.1) is 17.0 Å².